The van der Waals surface area contributed by atoms with Gasteiger partial charge in [-0.1, -0.05) is 0 Å². The molecule has 0 saturated heterocycles. The Morgan fingerprint density at radius 1 is 0.652 bits per heavy atom. The molecule has 232 valence electrons. The van der Waals surface area contributed by atoms with E-state index in [0.29, 0.717) is 5.39 Å². The molecule has 0 fully saturated rings. The highest BCUT2D eigenvalue weighted by Crippen LogP contribution is 2.14. The number of carbonyl (C=O) groups is 2. The first-order chi connectivity index (χ1) is 21.5. The number of hydrogen-bond acceptors (Lipinski definition) is 6. The van der Waals surface area contributed by atoms with Gasteiger partial charge >= 0.3 is 0 Å². The van der Waals surface area contributed by atoms with Gasteiger partial charge in [-0.05, 0) is 85.6 Å². The number of rotatable bonds is 8. The first kappa shape index (κ1) is 34.4. The normalized spacial score (nSPS) is 11.1. The average molecular weight is 836 g/mol. The zero-order chi connectivity index (χ0) is 30.5. The van der Waals surface area contributed by atoms with Crippen molar-refractivity contribution in [2.24, 2.45) is 10.2 Å². The largest absolute Gasteiger partial charge is 1.00 e. The van der Waals surface area contributed by atoms with E-state index >= 15 is 0 Å². The number of hydrazone groups is 2. The van der Waals surface area contributed by atoms with Gasteiger partial charge in [0.1, 0.15) is 24.5 Å². The summed E-state index contributed by atoms with van der Waals surface area (Å²) < 4.78 is 4.32. The summed E-state index contributed by atoms with van der Waals surface area (Å²) in [5.41, 5.74) is 9.49. The summed E-state index contributed by atoms with van der Waals surface area (Å²) in [6.45, 7) is 5.94. The van der Waals surface area contributed by atoms with Gasteiger partial charge in [-0.2, -0.15) is 19.3 Å². The van der Waals surface area contributed by atoms with Crippen molar-refractivity contribution in [3.8, 4) is 0 Å². The van der Waals surface area contributed by atoms with Crippen LogP contribution in [-0.2, 0) is 13.1 Å². The number of nitrogens with one attached hydrogen (secondary N) is 2. The lowest BCUT2D eigenvalue weighted by molar-refractivity contribution is -0.668. The van der Waals surface area contributed by atoms with E-state index in [-0.39, 0.29) is 65.0 Å². The molecule has 6 rings (SSSR count). The quantitative estimate of drug-likeness (QED) is 0.0807. The zero-order valence-corrected chi connectivity index (χ0v) is 29.4. The predicted molar refractivity (Wildman–Crippen MR) is 169 cm³/mol. The third-order valence-corrected chi connectivity index (χ3v) is 7.26. The molecule has 2 amide bonds. The molecule has 0 unspecified atom stereocenters. The molecule has 12 heteroatoms. The molecule has 0 radical (unpaired) electrons. The van der Waals surface area contributed by atoms with Gasteiger partial charge in [0.15, 0.2) is 18.0 Å². The lowest BCUT2D eigenvalue weighted by atomic mass is 10.1. The maximum Gasteiger partial charge on any atom is 0.290 e. The Labute approximate surface area is 299 Å². The number of amides is 2. The SMILES string of the molecule is CC[n+]1cccc2cc(C=NNC(=O)c3ccc4ccc(C(=O)NN=Cc5ccc6c(ccc[n+]6CC)c5)nc4n3)ccc21.[I-].[I-]. The zero-order valence-electron chi connectivity index (χ0n) is 25.1. The Balaban J connectivity index is 0.00000240. The second-order valence-corrected chi connectivity index (χ2v) is 10.1. The molecular formula is C34H30I2N8O2. The number of hydrogen-bond donors (Lipinski definition) is 2. The smallest absolute Gasteiger partial charge is 0.290 e. The van der Waals surface area contributed by atoms with E-state index in [4.69, 9.17) is 0 Å². The fraction of sp³-hybridized carbons (Fsp3) is 0.118. The van der Waals surface area contributed by atoms with Gasteiger partial charge in [-0.25, -0.2) is 20.8 Å². The van der Waals surface area contributed by atoms with Gasteiger partial charge in [0, 0.05) is 40.4 Å². The van der Waals surface area contributed by atoms with E-state index in [2.05, 4.69) is 54.0 Å². The summed E-state index contributed by atoms with van der Waals surface area (Å²) in [7, 11) is 0. The molecule has 0 spiro atoms. The van der Waals surface area contributed by atoms with Gasteiger partial charge in [0.25, 0.3) is 11.8 Å². The first-order valence-corrected chi connectivity index (χ1v) is 14.3. The molecular weight excluding hydrogens is 806 g/mol. The summed E-state index contributed by atoms with van der Waals surface area (Å²) in [5, 5.41) is 11.1. The number of carbonyl (C=O) groups excluding carboxylic acids is 2. The van der Waals surface area contributed by atoms with Crippen LogP contribution in [0, 0.1) is 0 Å². The molecule has 0 bridgehead atoms. The van der Waals surface area contributed by atoms with E-state index in [1.54, 1.807) is 36.7 Å². The van der Waals surface area contributed by atoms with Crippen molar-refractivity contribution >= 4 is 57.1 Å². The highest BCUT2D eigenvalue weighted by Gasteiger charge is 2.12. The monoisotopic (exact) mass is 836 g/mol. The molecule has 46 heavy (non-hydrogen) atoms. The molecule has 4 aromatic heterocycles. The van der Waals surface area contributed by atoms with Gasteiger partial charge in [0.05, 0.1) is 12.4 Å². The van der Waals surface area contributed by atoms with Crippen LogP contribution in [0.1, 0.15) is 46.0 Å². The van der Waals surface area contributed by atoms with Crippen LogP contribution < -0.4 is 67.9 Å². The molecule has 0 aliphatic carbocycles. The summed E-state index contributed by atoms with van der Waals surface area (Å²) in [5.74, 6) is -0.984. The fourth-order valence-electron chi connectivity index (χ4n) is 5.01. The standard InChI is InChI=1S/C34H28N8O2.2HI/c1-3-41-17-5-7-26-19-23(9-15-30(26)41)21-35-39-33(43)28-13-11-25-12-14-29(38-32(25)37-28)34(44)40-36-22-24-10-16-31-27(20-24)8-6-18-42(31)4-2;;/h5-22H,3-4H2,1-2H3;2*1H. The number of fused-ring (bicyclic) bond motifs is 3. The van der Waals surface area contributed by atoms with Crippen molar-refractivity contribution in [3.63, 3.8) is 0 Å². The van der Waals surface area contributed by atoms with Crippen LogP contribution in [0.4, 0.5) is 0 Å². The third-order valence-electron chi connectivity index (χ3n) is 7.26. The lowest BCUT2D eigenvalue weighted by Gasteiger charge is -2.04. The Hall–Kier alpha value is -4.44. The van der Waals surface area contributed by atoms with Crippen LogP contribution in [-0.4, -0.2) is 34.2 Å². The van der Waals surface area contributed by atoms with Crippen molar-refractivity contribution in [1.82, 2.24) is 20.8 Å². The number of nitrogens with zero attached hydrogens (tertiary/aromatic N) is 6. The van der Waals surface area contributed by atoms with Crippen LogP contribution in [0.5, 0.6) is 0 Å². The molecule has 0 aliphatic rings. The third kappa shape index (κ3) is 7.67. The molecule has 2 N–H and O–H groups in total. The van der Waals surface area contributed by atoms with Gasteiger partial charge in [-0.3, -0.25) is 9.59 Å². The number of pyridine rings is 4. The Morgan fingerprint density at radius 3 is 1.54 bits per heavy atom. The molecule has 0 atom stereocenters. The van der Waals surface area contributed by atoms with E-state index in [1.807, 2.05) is 73.1 Å². The Morgan fingerprint density at radius 2 is 1.11 bits per heavy atom. The minimum atomic E-state index is -0.492. The number of aromatic nitrogens is 4. The summed E-state index contributed by atoms with van der Waals surface area (Å²) in [4.78, 5) is 34.2. The molecule has 2 aromatic carbocycles. The average Bonchev–Trinajstić information content (AvgIpc) is 3.06. The van der Waals surface area contributed by atoms with Crippen LogP contribution in [0.2, 0.25) is 0 Å². The number of aryl methyl sites for hydroxylation is 2. The van der Waals surface area contributed by atoms with Crippen LogP contribution in [0.15, 0.2) is 108 Å². The van der Waals surface area contributed by atoms with Gasteiger partial charge in [0.2, 0.25) is 11.0 Å². The summed E-state index contributed by atoms with van der Waals surface area (Å²) >= 11 is 0. The van der Waals surface area contributed by atoms with Crippen molar-refractivity contribution in [2.45, 2.75) is 26.9 Å². The van der Waals surface area contributed by atoms with Gasteiger partial charge < -0.3 is 48.0 Å². The molecule has 10 nitrogen and oxygen atoms in total. The second-order valence-electron chi connectivity index (χ2n) is 10.1. The minimum absolute atomic E-state index is 0. The van der Waals surface area contributed by atoms with Gasteiger partial charge in [-0.15, -0.1) is 0 Å². The second kappa shape index (κ2) is 15.7. The summed E-state index contributed by atoms with van der Waals surface area (Å²) in [6.07, 6.45) is 7.25. The number of benzene rings is 2. The van der Waals surface area contributed by atoms with Crippen LogP contribution in [0.3, 0.4) is 0 Å². The van der Waals surface area contributed by atoms with E-state index in [0.717, 1.165) is 46.0 Å². The van der Waals surface area contributed by atoms with Crippen molar-refractivity contribution < 1.29 is 66.7 Å². The molecule has 6 aromatic rings. The van der Waals surface area contributed by atoms with Crippen LogP contribution >= 0.6 is 0 Å². The highest BCUT2D eigenvalue weighted by atomic mass is 127. The first-order valence-electron chi connectivity index (χ1n) is 14.3. The minimum Gasteiger partial charge on any atom is -1.00 e. The molecule has 0 saturated carbocycles. The van der Waals surface area contributed by atoms with E-state index < -0.39 is 11.8 Å². The number of halogens is 2. The lowest BCUT2D eigenvalue weighted by Crippen LogP contribution is -3.00. The van der Waals surface area contributed by atoms with Crippen molar-refractivity contribution in [2.75, 3.05) is 0 Å². The fourth-order valence-corrected chi connectivity index (χ4v) is 5.01. The van der Waals surface area contributed by atoms with E-state index in [1.165, 1.54) is 0 Å². The Kier molecular flexibility index (Phi) is 11.8. The highest BCUT2D eigenvalue weighted by molar-refractivity contribution is 5.97. The topological polar surface area (TPSA) is 116 Å². The van der Waals surface area contributed by atoms with Crippen molar-refractivity contribution in [1.29, 1.82) is 0 Å². The molecule has 4 heterocycles. The predicted octanol–water partition coefficient (Wildman–Crippen LogP) is -1.91. The molecule has 0 aliphatic heterocycles. The van der Waals surface area contributed by atoms with Crippen molar-refractivity contribution in [3.05, 3.63) is 120 Å². The van der Waals surface area contributed by atoms with Crippen LogP contribution in [0.25, 0.3) is 32.8 Å². The maximum absolute atomic E-state index is 12.8. The maximum atomic E-state index is 12.8. The van der Waals surface area contributed by atoms with E-state index in [9.17, 15) is 9.59 Å². The summed E-state index contributed by atoms with van der Waals surface area (Å²) in [6, 6.07) is 26.7. The Bertz CT molecular complexity index is 1970.